The summed E-state index contributed by atoms with van der Waals surface area (Å²) in [7, 11) is 0. The molecule has 0 saturated carbocycles. The first-order chi connectivity index (χ1) is 10.7. The zero-order valence-electron chi connectivity index (χ0n) is 12.5. The van der Waals surface area contributed by atoms with E-state index in [9.17, 15) is 9.59 Å². The van der Waals surface area contributed by atoms with E-state index in [-0.39, 0.29) is 11.5 Å². The van der Waals surface area contributed by atoms with E-state index in [2.05, 4.69) is 25.5 Å². The Morgan fingerprint density at radius 1 is 1.36 bits per heavy atom. The Labute approximate surface area is 127 Å². The van der Waals surface area contributed by atoms with Crippen molar-refractivity contribution in [2.45, 2.75) is 13.3 Å². The van der Waals surface area contributed by atoms with Gasteiger partial charge in [0.05, 0.1) is 10.9 Å². The number of carbonyl (C=O) groups excluding carboxylic acids is 1. The van der Waals surface area contributed by atoms with Crippen molar-refractivity contribution >= 4 is 28.4 Å². The molecular weight excluding hydrogens is 282 g/mol. The van der Waals surface area contributed by atoms with Crippen molar-refractivity contribution in [2.24, 2.45) is 0 Å². The maximum absolute atomic E-state index is 12.3. The zero-order valence-corrected chi connectivity index (χ0v) is 12.5. The molecule has 1 aliphatic heterocycles. The summed E-state index contributed by atoms with van der Waals surface area (Å²) >= 11 is 0. The number of H-pyrrole nitrogens is 1. The summed E-state index contributed by atoms with van der Waals surface area (Å²) in [5.41, 5.74) is 1.06. The number of fused-ring (bicyclic) bond motifs is 1. The minimum atomic E-state index is -0.189. The SMILES string of the molecule is CCC(=O)Nc1ccc2nc(N3CCNCC3)[nH]c(=O)c2c1. The molecule has 1 fully saturated rings. The molecule has 3 rings (SSSR count). The van der Waals surface area contributed by atoms with Crippen molar-refractivity contribution < 1.29 is 4.79 Å². The number of carbonyl (C=O) groups is 1. The lowest BCUT2D eigenvalue weighted by atomic mass is 10.2. The molecule has 0 aliphatic carbocycles. The smallest absolute Gasteiger partial charge is 0.260 e. The average Bonchev–Trinajstić information content (AvgIpc) is 2.56. The molecular formula is C15H19N5O2. The predicted molar refractivity (Wildman–Crippen MR) is 86.4 cm³/mol. The molecule has 2 heterocycles. The standard InChI is InChI=1S/C15H19N5O2/c1-2-13(21)17-10-3-4-12-11(9-10)14(22)19-15(18-12)20-7-5-16-6-8-20/h3-4,9,16H,2,5-8H2,1H3,(H,17,21)(H,18,19,22). The first kappa shape index (κ1) is 14.5. The lowest BCUT2D eigenvalue weighted by Gasteiger charge is -2.27. The maximum atomic E-state index is 12.3. The van der Waals surface area contributed by atoms with Gasteiger partial charge in [0.15, 0.2) is 0 Å². The second-order valence-electron chi connectivity index (χ2n) is 5.26. The van der Waals surface area contributed by atoms with Crippen LogP contribution in [0.15, 0.2) is 23.0 Å². The van der Waals surface area contributed by atoms with Crippen molar-refractivity contribution in [3.8, 4) is 0 Å². The molecule has 1 aromatic heterocycles. The van der Waals surface area contributed by atoms with Crippen LogP contribution in [0.25, 0.3) is 10.9 Å². The van der Waals surface area contributed by atoms with E-state index in [0.29, 0.717) is 29.0 Å². The third-order valence-corrected chi connectivity index (χ3v) is 3.71. The molecule has 2 aromatic rings. The number of hydrogen-bond donors (Lipinski definition) is 3. The number of nitrogens with zero attached hydrogens (tertiary/aromatic N) is 2. The van der Waals surface area contributed by atoms with Crippen LogP contribution < -0.4 is 21.1 Å². The minimum Gasteiger partial charge on any atom is -0.340 e. The van der Waals surface area contributed by atoms with E-state index in [0.717, 1.165) is 26.2 Å². The summed E-state index contributed by atoms with van der Waals surface area (Å²) in [6.45, 7) is 5.18. The topological polar surface area (TPSA) is 90.1 Å². The Morgan fingerprint density at radius 3 is 2.86 bits per heavy atom. The number of nitrogens with one attached hydrogen (secondary N) is 3. The van der Waals surface area contributed by atoms with E-state index in [4.69, 9.17) is 0 Å². The molecule has 0 unspecified atom stereocenters. The largest absolute Gasteiger partial charge is 0.340 e. The number of anilines is 2. The quantitative estimate of drug-likeness (QED) is 0.775. The molecule has 0 bridgehead atoms. The molecule has 7 nitrogen and oxygen atoms in total. The van der Waals surface area contributed by atoms with Gasteiger partial charge in [0.1, 0.15) is 0 Å². The highest BCUT2D eigenvalue weighted by Crippen LogP contribution is 2.17. The normalized spacial score (nSPS) is 15.0. The van der Waals surface area contributed by atoms with Gasteiger partial charge in [-0.2, -0.15) is 0 Å². The third-order valence-electron chi connectivity index (χ3n) is 3.71. The summed E-state index contributed by atoms with van der Waals surface area (Å²) in [6, 6.07) is 5.20. The molecule has 0 radical (unpaired) electrons. The molecule has 1 aliphatic rings. The van der Waals surface area contributed by atoms with Gasteiger partial charge in [0.2, 0.25) is 11.9 Å². The Morgan fingerprint density at radius 2 is 2.14 bits per heavy atom. The van der Waals surface area contributed by atoms with Crippen LogP contribution in [0.2, 0.25) is 0 Å². The maximum Gasteiger partial charge on any atom is 0.260 e. The van der Waals surface area contributed by atoms with Crippen LogP contribution in [0.5, 0.6) is 0 Å². The van der Waals surface area contributed by atoms with Gasteiger partial charge < -0.3 is 15.5 Å². The number of aromatic amines is 1. The van der Waals surface area contributed by atoms with Crippen LogP contribution in [0.1, 0.15) is 13.3 Å². The van der Waals surface area contributed by atoms with Crippen LogP contribution >= 0.6 is 0 Å². The summed E-state index contributed by atoms with van der Waals surface area (Å²) in [4.78, 5) is 33.2. The molecule has 22 heavy (non-hydrogen) atoms. The number of amides is 1. The Balaban J connectivity index is 1.95. The molecule has 0 atom stereocenters. The number of benzene rings is 1. The minimum absolute atomic E-state index is 0.0822. The van der Waals surface area contributed by atoms with E-state index < -0.39 is 0 Å². The third kappa shape index (κ3) is 2.94. The van der Waals surface area contributed by atoms with Gasteiger partial charge in [-0.05, 0) is 18.2 Å². The van der Waals surface area contributed by atoms with Crippen LogP contribution in [0.3, 0.4) is 0 Å². The summed E-state index contributed by atoms with van der Waals surface area (Å²) in [6.07, 6.45) is 0.397. The van der Waals surface area contributed by atoms with Crippen molar-refractivity contribution in [3.63, 3.8) is 0 Å². The number of aromatic nitrogens is 2. The number of piperazine rings is 1. The van der Waals surface area contributed by atoms with Gasteiger partial charge in [-0.1, -0.05) is 6.92 Å². The number of hydrogen-bond acceptors (Lipinski definition) is 5. The fourth-order valence-corrected chi connectivity index (χ4v) is 2.48. The molecule has 1 amide bonds. The Kier molecular flexibility index (Phi) is 4.06. The van der Waals surface area contributed by atoms with Crippen LogP contribution in [0, 0.1) is 0 Å². The zero-order chi connectivity index (χ0) is 15.5. The average molecular weight is 301 g/mol. The molecule has 7 heteroatoms. The van der Waals surface area contributed by atoms with E-state index >= 15 is 0 Å². The Bertz CT molecular complexity index is 749. The monoisotopic (exact) mass is 301 g/mol. The van der Waals surface area contributed by atoms with Crippen LogP contribution in [-0.2, 0) is 4.79 Å². The van der Waals surface area contributed by atoms with Gasteiger partial charge in [-0.25, -0.2) is 4.98 Å². The van der Waals surface area contributed by atoms with Gasteiger partial charge in [-0.3, -0.25) is 14.6 Å². The van der Waals surface area contributed by atoms with Crippen molar-refractivity contribution in [1.29, 1.82) is 0 Å². The van der Waals surface area contributed by atoms with Gasteiger partial charge in [0, 0.05) is 38.3 Å². The van der Waals surface area contributed by atoms with E-state index in [1.165, 1.54) is 0 Å². The van der Waals surface area contributed by atoms with Crippen molar-refractivity contribution in [2.75, 3.05) is 36.4 Å². The first-order valence-corrected chi connectivity index (χ1v) is 7.47. The summed E-state index contributed by atoms with van der Waals surface area (Å²) in [5, 5.41) is 6.50. The highest BCUT2D eigenvalue weighted by atomic mass is 16.1. The summed E-state index contributed by atoms with van der Waals surface area (Å²) in [5.74, 6) is 0.519. The van der Waals surface area contributed by atoms with Crippen LogP contribution in [-0.4, -0.2) is 42.1 Å². The second-order valence-corrected chi connectivity index (χ2v) is 5.26. The molecule has 116 valence electrons. The Hall–Kier alpha value is -2.41. The first-order valence-electron chi connectivity index (χ1n) is 7.47. The molecule has 0 spiro atoms. The fraction of sp³-hybridized carbons (Fsp3) is 0.400. The lowest BCUT2D eigenvalue weighted by molar-refractivity contribution is -0.115. The lowest BCUT2D eigenvalue weighted by Crippen LogP contribution is -2.44. The molecule has 1 saturated heterocycles. The predicted octanol–water partition coefficient (Wildman–Crippen LogP) is 0.681. The van der Waals surface area contributed by atoms with Crippen molar-refractivity contribution in [3.05, 3.63) is 28.6 Å². The second kappa shape index (κ2) is 6.15. The van der Waals surface area contributed by atoms with Crippen LogP contribution in [0.4, 0.5) is 11.6 Å². The highest BCUT2D eigenvalue weighted by molar-refractivity contribution is 5.93. The van der Waals surface area contributed by atoms with Crippen molar-refractivity contribution in [1.82, 2.24) is 15.3 Å². The fourth-order valence-electron chi connectivity index (χ4n) is 2.48. The number of rotatable bonds is 3. The van der Waals surface area contributed by atoms with Gasteiger partial charge >= 0.3 is 0 Å². The van der Waals surface area contributed by atoms with Gasteiger partial charge in [-0.15, -0.1) is 0 Å². The van der Waals surface area contributed by atoms with E-state index in [1.807, 2.05) is 0 Å². The van der Waals surface area contributed by atoms with Gasteiger partial charge in [0.25, 0.3) is 5.56 Å². The summed E-state index contributed by atoms with van der Waals surface area (Å²) < 4.78 is 0. The highest BCUT2D eigenvalue weighted by Gasteiger charge is 2.14. The molecule has 3 N–H and O–H groups in total. The molecule has 1 aromatic carbocycles. The van der Waals surface area contributed by atoms with E-state index in [1.54, 1.807) is 25.1 Å².